The van der Waals surface area contributed by atoms with Crippen molar-refractivity contribution in [2.24, 2.45) is 4.99 Å². The van der Waals surface area contributed by atoms with Gasteiger partial charge in [0.1, 0.15) is 0 Å². The number of hydrogen-bond acceptors (Lipinski definition) is 2. The molecule has 2 heterocycles. The Morgan fingerprint density at radius 3 is 2.17 bits per heavy atom. The monoisotopic (exact) mass is 515 g/mol. The number of hydrogen-bond donors (Lipinski definition) is 1. The van der Waals surface area contributed by atoms with Crippen LogP contribution in [0.5, 0.6) is 0 Å². The van der Waals surface area contributed by atoms with Gasteiger partial charge in [-0.3, -0.25) is 4.57 Å². The largest absolute Gasteiger partial charge is 0.345 e. The van der Waals surface area contributed by atoms with E-state index in [2.05, 4.69) is 151 Å². The molecule has 1 aromatic heterocycles. The summed E-state index contributed by atoms with van der Waals surface area (Å²) in [5.74, 6) is 0.842. The lowest BCUT2D eigenvalue weighted by molar-refractivity contribution is 0.661. The molecule has 5 aromatic carbocycles. The first kappa shape index (κ1) is 23.0. The number of nitrogens with one attached hydrogen (secondary N) is 1. The summed E-state index contributed by atoms with van der Waals surface area (Å²) < 4.78 is 2.33. The Labute approximate surface area is 234 Å². The maximum atomic E-state index is 5.27. The molecule has 1 N–H and O–H groups in total. The van der Waals surface area contributed by atoms with E-state index in [1.165, 1.54) is 44.1 Å². The molecule has 6 aromatic rings. The fourth-order valence-corrected chi connectivity index (χ4v) is 6.64. The molecule has 1 unspecified atom stereocenters. The van der Waals surface area contributed by atoms with Crippen LogP contribution in [-0.4, -0.2) is 10.5 Å². The standard InChI is InChI=1S/C37H29N3/c1-37(2)30-19-11-9-17-26(30)28-21-29-27-18-10-12-20-34(27)40(35(29)22-31(28)37)36-38-32(24-13-5-3-6-14-24)23-33(39-36)25-15-7-4-8-16-25/h3-23,32H,1-2H3,(H,38,39). The minimum Gasteiger partial charge on any atom is -0.345 e. The molecule has 40 heavy (non-hydrogen) atoms. The second kappa shape index (κ2) is 8.56. The van der Waals surface area contributed by atoms with E-state index in [1.807, 2.05) is 0 Å². The number of fused-ring (bicyclic) bond motifs is 6. The van der Waals surface area contributed by atoms with Crippen LogP contribution in [0.4, 0.5) is 0 Å². The summed E-state index contributed by atoms with van der Waals surface area (Å²) in [5.41, 5.74) is 11.0. The van der Waals surface area contributed by atoms with Gasteiger partial charge in [0.05, 0.1) is 22.8 Å². The highest BCUT2D eigenvalue weighted by atomic mass is 15.2. The van der Waals surface area contributed by atoms with Crippen molar-refractivity contribution in [2.75, 3.05) is 0 Å². The molecule has 0 fully saturated rings. The molecule has 0 saturated heterocycles. The third kappa shape index (κ3) is 3.34. The first-order chi connectivity index (χ1) is 19.6. The van der Waals surface area contributed by atoms with Crippen molar-refractivity contribution in [3.05, 3.63) is 150 Å². The normalized spacial score (nSPS) is 17.2. The third-order valence-electron chi connectivity index (χ3n) is 8.65. The molecule has 1 aliphatic heterocycles. The highest BCUT2D eigenvalue weighted by molar-refractivity contribution is 6.16. The van der Waals surface area contributed by atoms with Gasteiger partial charge >= 0.3 is 0 Å². The van der Waals surface area contributed by atoms with Crippen molar-refractivity contribution in [1.29, 1.82) is 0 Å². The highest BCUT2D eigenvalue weighted by Crippen LogP contribution is 2.50. The number of rotatable bonds is 2. The van der Waals surface area contributed by atoms with Gasteiger partial charge in [-0.2, -0.15) is 0 Å². The molecule has 3 nitrogen and oxygen atoms in total. The van der Waals surface area contributed by atoms with E-state index in [0.717, 1.165) is 22.7 Å². The Balaban J connectivity index is 1.40. The molecule has 1 atom stereocenters. The molecule has 3 heteroatoms. The Kier molecular flexibility index (Phi) is 4.93. The van der Waals surface area contributed by atoms with Crippen LogP contribution >= 0.6 is 0 Å². The Bertz CT molecular complexity index is 1990. The zero-order chi connectivity index (χ0) is 26.8. The minimum atomic E-state index is -0.0785. The van der Waals surface area contributed by atoms with E-state index < -0.39 is 0 Å². The Hall–Kier alpha value is -4.89. The predicted octanol–water partition coefficient (Wildman–Crippen LogP) is 8.69. The van der Waals surface area contributed by atoms with E-state index in [0.29, 0.717) is 0 Å². The zero-order valence-corrected chi connectivity index (χ0v) is 22.6. The van der Waals surface area contributed by atoms with Crippen molar-refractivity contribution < 1.29 is 0 Å². The molecule has 0 spiro atoms. The summed E-state index contributed by atoms with van der Waals surface area (Å²) in [7, 11) is 0. The van der Waals surface area contributed by atoms with Gasteiger partial charge in [0.25, 0.3) is 0 Å². The van der Waals surface area contributed by atoms with Gasteiger partial charge in [-0.25, -0.2) is 4.99 Å². The lowest BCUT2D eigenvalue weighted by Gasteiger charge is -2.26. The molecule has 0 amide bonds. The SMILES string of the molecule is CC1(C)c2ccccc2-c2cc3c4ccccc4n(C4=NC(c5ccccc5)=CC(c5ccccc5)N4)c3cc21. The van der Waals surface area contributed by atoms with Crippen LogP contribution in [0, 0.1) is 0 Å². The predicted molar refractivity (Wildman–Crippen MR) is 167 cm³/mol. The first-order valence-electron chi connectivity index (χ1n) is 13.9. The van der Waals surface area contributed by atoms with Gasteiger partial charge in [0.2, 0.25) is 5.96 Å². The fourth-order valence-electron chi connectivity index (χ4n) is 6.64. The number of benzene rings is 5. The van der Waals surface area contributed by atoms with Gasteiger partial charge in [-0.05, 0) is 52.1 Å². The fraction of sp³-hybridized carbons (Fsp3) is 0.108. The van der Waals surface area contributed by atoms with Gasteiger partial charge in [-0.15, -0.1) is 0 Å². The average Bonchev–Trinajstić information content (AvgIpc) is 3.45. The van der Waals surface area contributed by atoms with Crippen molar-refractivity contribution in [3.63, 3.8) is 0 Å². The van der Waals surface area contributed by atoms with E-state index in [-0.39, 0.29) is 11.5 Å². The highest BCUT2D eigenvalue weighted by Gasteiger charge is 2.36. The van der Waals surface area contributed by atoms with Crippen molar-refractivity contribution in [1.82, 2.24) is 9.88 Å². The minimum absolute atomic E-state index is 0.00441. The lowest BCUT2D eigenvalue weighted by atomic mass is 9.82. The molecule has 2 aliphatic rings. The maximum Gasteiger partial charge on any atom is 0.209 e. The topological polar surface area (TPSA) is 29.3 Å². The summed E-state index contributed by atoms with van der Waals surface area (Å²) in [6, 6.07) is 43.5. The molecule has 0 saturated carbocycles. The second-order valence-electron chi connectivity index (χ2n) is 11.3. The van der Waals surface area contributed by atoms with Crippen LogP contribution in [0.25, 0.3) is 38.6 Å². The molecule has 0 radical (unpaired) electrons. The van der Waals surface area contributed by atoms with E-state index in [9.17, 15) is 0 Å². The van der Waals surface area contributed by atoms with Crippen LogP contribution in [0.15, 0.2) is 132 Å². The Morgan fingerprint density at radius 2 is 1.35 bits per heavy atom. The number of aromatic nitrogens is 1. The van der Waals surface area contributed by atoms with Crippen molar-refractivity contribution >= 4 is 33.5 Å². The smallest absolute Gasteiger partial charge is 0.209 e. The van der Waals surface area contributed by atoms with E-state index in [1.54, 1.807) is 0 Å². The van der Waals surface area contributed by atoms with Gasteiger partial charge in [0.15, 0.2) is 0 Å². The van der Waals surface area contributed by atoms with Crippen LogP contribution < -0.4 is 5.32 Å². The van der Waals surface area contributed by atoms with E-state index >= 15 is 0 Å². The molecule has 8 rings (SSSR count). The summed E-state index contributed by atoms with van der Waals surface area (Å²) >= 11 is 0. The molecule has 192 valence electrons. The zero-order valence-electron chi connectivity index (χ0n) is 22.6. The second-order valence-corrected chi connectivity index (χ2v) is 11.3. The summed E-state index contributed by atoms with van der Waals surface area (Å²) in [5, 5.41) is 6.28. The molecular formula is C37H29N3. The first-order valence-corrected chi connectivity index (χ1v) is 13.9. The summed E-state index contributed by atoms with van der Waals surface area (Å²) in [6.45, 7) is 4.68. The van der Waals surface area contributed by atoms with Gasteiger partial charge in [-0.1, -0.05) is 117 Å². The van der Waals surface area contributed by atoms with Crippen LogP contribution in [-0.2, 0) is 5.41 Å². The van der Waals surface area contributed by atoms with Crippen molar-refractivity contribution in [2.45, 2.75) is 25.3 Å². The van der Waals surface area contributed by atoms with Gasteiger partial charge in [0, 0.05) is 21.8 Å². The van der Waals surface area contributed by atoms with Gasteiger partial charge < -0.3 is 5.32 Å². The third-order valence-corrected chi connectivity index (χ3v) is 8.65. The summed E-state index contributed by atoms with van der Waals surface area (Å²) in [4.78, 5) is 5.27. The number of para-hydroxylation sites is 1. The molecule has 0 bridgehead atoms. The average molecular weight is 516 g/mol. The lowest BCUT2D eigenvalue weighted by Crippen LogP contribution is -2.35. The maximum absolute atomic E-state index is 5.27. The molecular weight excluding hydrogens is 486 g/mol. The van der Waals surface area contributed by atoms with Crippen LogP contribution in [0.3, 0.4) is 0 Å². The number of aliphatic imine (C=N–C) groups is 1. The quantitative estimate of drug-likeness (QED) is 0.246. The van der Waals surface area contributed by atoms with Crippen LogP contribution in [0.2, 0.25) is 0 Å². The van der Waals surface area contributed by atoms with Crippen LogP contribution in [0.1, 0.15) is 42.1 Å². The van der Waals surface area contributed by atoms with E-state index in [4.69, 9.17) is 4.99 Å². The summed E-state index contributed by atoms with van der Waals surface area (Å²) in [6.07, 6.45) is 2.24. The van der Waals surface area contributed by atoms with Crippen molar-refractivity contribution in [3.8, 4) is 11.1 Å². The molecule has 1 aliphatic carbocycles. The number of nitrogens with zero attached hydrogens (tertiary/aromatic N) is 2. The Morgan fingerprint density at radius 1 is 0.650 bits per heavy atom.